The lowest BCUT2D eigenvalue weighted by Crippen LogP contribution is -2.44. The molecule has 6 nitrogen and oxygen atoms in total. The quantitative estimate of drug-likeness (QED) is 0.891. The van der Waals surface area contributed by atoms with E-state index in [1.807, 2.05) is 0 Å². The van der Waals surface area contributed by atoms with Crippen LogP contribution in [0.2, 0.25) is 4.47 Å². The minimum atomic E-state index is -1.14. The van der Waals surface area contributed by atoms with Crippen molar-refractivity contribution >= 4 is 35.0 Å². The maximum Gasteiger partial charge on any atom is 0.408 e. The molecule has 0 spiro atoms. The highest BCUT2D eigenvalue weighted by molar-refractivity contribution is 7.15. The van der Waals surface area contributed by atoms with E-state index in [9.17, 15) is 9.59 Å². The largest absolute Gasteiger partial charge is 0.480 e. The topological polar surface area (TPSA) is 88.5 Å². The summed E-state index contributed by atoms with van der Waals surface area (Å²) in [5, 5.41) is 11.4. The number of hydrogen-bond donors (Lipinski definition) is 2. The third-order valence-corrected chi connectivity index (χ3v) is 3.06. The van der Waals surface area contributed by atoms with Crippen molar-refractivity contribution in [2.45, 2.75) is 38.8 Å². The van der Waals surface area contributed by atoms with Crippen LogP contribution in [-0.2, 0) is 16.0 Å². The van der Waals surface area contributed by atoms with Crippen LogP contribution in [0.15, 0.2) is 6.20 Å². The smallest absolute Gasteiger partial charge is 0.408 e. The van der Waals surface area contributed by atoms with Gasteiger partial charge in [0.25, 0.3) is 0 Å². The van der Waals surface area contributed by atoms with Crippen LogP contribution in [0.5, 0.6) is 0 Å². The van der Waals surface area contributed by atoms with Crippen LogP contribution in [-0.4, -0.2) is 33.8 Å². The van der Waals surface area contributed by atoms with Gasteiger partial charge < -0.3 is 15.2 Å². The Balaban J connectivity index is 2.63. The number of thiazole rings is 1. The van der Waals surface area contributed by atoms with Crippen LogP contribution in [0.25, 0.3) is 0 Å². The van der Waals surface area contributed by atoms with Crippen molar-refractivity contribution in [2.75, 3.05) is 0 Å². The molecule has 0 aliphatic rings. The van der Waals surface area contributed by atoms with Crippen LogP contribution in [0, 0.1) is 0 Å². The van der Waals surface area contributed by atoms with Gasteiger partial charge in [-0.2, -0.15) is 0 Å². The number of nitrogens with one attached hydrogen (secondary N) is 1. The summed E-state index contributed by atoms with van der Waals surface area (Å²) in [7, 11) is 0. The number of halogens is 1. The van der Waals surface area contributed by atoms with Gasteiger partial charge in [-0.05, 0) is 20.8 Å². The molecule has 19 heavy (non-hydrogen) atoms. The van der Waals surface area contributed by atoms with Gasteiger partial charge in [0.15, 0.2) is 4.47 Å². The van der Waals surface area contributed by atoms with Crippen molar-refractivity contribution in [3.8, 4) is 0 Å². The number of carboxylic acid groups (broad SMARTS) is 1. The Labute approximate surface area is 119 Å². The Bertz CT molecular complexity index is 470. The number of aliphatic carboxylic acids is 1. The monoisotopic (exact) mass is 306 g/mol. The second-order valence-electron chi connectivity index (χ2n) is 4.82. The third kappa shape index (κ3) is 5.89. The van der Waals surface area contributed by atoms with Crippen molar-refractivity contribution in [3.63, 3.8) is 0 Å². The fraction of sp³-hybridized carbons (Fsp3) is 0.545. The molecule has 1 rings (SSSR count). The minimum Gasteiger partial charge on any atom is -0.480 e. The molecule has 2 N–H and O–H groups in total. The van der Waals surface area contributed by atoms with Crippen LogP contribution in [0.4, 0.5) is 4.79 Å². The number of rotatable bonds is 4. The predicted octanol–water partition coefficient (Wildman–Crippen LogP) is 2.32. The number of hydrogen-bond acceptors (Lipinski definition) is 5. The first-order valence-corrected chi connectivity index (χ1v) is 6.69. The van der Waals surface area contributed by atoms with E-state index in [2.05, 4.69) is 10.3 Å². The summed E-state index contributed by atoms with van der Waals surface area (Å²) in [4.78, 5) is 27.1. The number of amides is 1. The van der Waals surface area contributed by atoms with E-state index in [1.54, 1.807) is 20.8 Å². The van der Waals surface area contributed by atoms with Gasteiger partial charge in [-0.1, -0.05) is 11.6 Å². The average Bonchev–Trinajstić information content (AvgIpc) is 2.60. The van der Waals surface area contributed by atoms with Gasteiger partial charge in [0.05, 0.1) is 0 Å². The first kappa shape index (κ1) is 15.7. The van der Waals surface area contributed by atoms with E-state index >= 15 is 0 Å². The molecule has 0 fully saturated rings. The molecule has 1 aromatic rings. The molecule has 1 heterocycles. The molecule has 106 valence electrons. The van der Waals surface area contributed by atoms with E-state index in [0.29, 0.717) is 9.34 Å². The first-order chi connectivity index (χ1) is 8.67. The summed E-state index contributed by atoms with van der Waals surface area (Å²) < 4.78 is 5.34. The Morgan fingerprint density at radius 3 is 2.63 bits per heavy atom. The van der Waals surface area contributed by atoms with E-state index in [4.69, 9.17) is 21.4 Å². The fourth-order valence-corrected chi connectivity index (χ4v) is 2.25. The molecular weight excluding hydrogens is 292 g/mol. The molecule has 0 saturated heterocycles. The molecule has 1 amide bonds. The fourth-order valence-electron chi connectivity index (χ4n) is 1.23. The molecule has 1 unspecified atom stereocenters. The molecule has 0 aromatic carbocycles. The molecule has 0 radical (unpaired) electrons. The molecule has 1 atom stereocenters. The Hall–Kier alpha value is -1.34. The number of carbonyl (C=O) groups is 2. The van der Waals surface area contributed by atoms with E-state index in [1.165, 1.54) is 17.5 Å². The zero-order valence-corrected chi connectivity index (χ0v) is 12.3. The number of alkyl carbamates (subject to hydrolysis) is 1. The summed E-state index contributed by atoms with van der Waals surface area (Å²) in [6.45, 7) is 5.10. The van der Waals surface area contributed by atoms with Crippen molar-refractivity contribution in [3.05, 3.63) is 15.5 Å². The van der Waals surface area contributed by atoms with E-state index < -0.39 is 23.7 Å². The summed E-state index contributed by atoms with van der Waals surface area (Å²) >= 11 is 6.84. The highest BCUT2D eigenvalue weighted by Crippen LogP contribution is 2.19. The van der Waals surface area contributed by atoms with Crippen molar-refractivity contribution in [2.24, 2.45) is 0 Å². The Morgan fingerprint density at radius 2 is 2.21 bits per heavy atom. The van der Waals surface area contributed by atoms with E-state index in [0.717, 1.165) is 0 Å². The van der Waals surface area contributed by atoms with Gasteiger partial charge in [0.1, 0.15) is 11.6 Å². The molecule has 0 saturated carbocycles. The summed E-state index contributed by atoms with van der Waals surface area (Å²) in [6, 6.07) is -1.08. The van der Waals surface area contributed by atoms with Gasteiger partial charge >= 0.3 is 12.1 Å². The molecular formula is C11H15ClN2O4S. The third-order valence-electron chi connectivity index (χ3n) is 1.92. The zero-order chi connectivity index (χ0) is 14.6. The highest BCUT2D eigenvalue weighted by Gasteiger charge is 2.24. The summed E-state index contributed by atoms with van der Waals surface area (Å²) in [6.07, 6.45) is 0.828. The van der Waals surface area contributed by atoms with Gasteiger partial charge in [0, 0.05) is 17.5 Å². The first-order valence-electron chi connectivity index (χ1n) is 5.50. The predicted molar refractivity (Wildman–Crippen MR) is 71.6 cm³/mol. The molecule has 0 aliphatic heterocycles. The van der Waals surface area contributed by atoms with Crippen LogP contribution >= 0.6 is 22.9 Å². The van der Waals surface area contributed by atoms with E-state index in [-0.39, 0.29) is 6.42 Å². The zero-order valence-electron chi connectivity index (χ0n) is 10.8. The second kappa shape index (κ2) is 6.21. The molecule has 1 aromatic heterocycles. The normalized spacial score (nSPS) is 12.8. The maximum atomic E-state index is 11.5. The summed E-state index contributed by atoms with van der Waals surface area (Å²) in [5.41, 5.74) is -0.680. The standard InChI is InChI=1S/C11H15ClN2O4S/c1-11(2,3)18-10(17)14-7(8(15)16)4-6-5-13-9(12)19-6/h5,7H,4H2,1-3H3,(H,14,17)(H,15,16). The van der Waals surface area contributed by atoms with Gasteiger partial charge in [0.2, 0.25) is 0 Å². The lowest BCUT2D eigenvalue weighted by molar-refractivity contribution is -0.139. The molecule has 0 bridgehead atoms. The van der Waals surface area contributed by atoms with Gasteiger partial charge in [-0.25, -0.2) is 14.6 Å². The minimum absolute atomic E-state index is 0.110. The summed E-state index contributed by atoms with van der Waals surface area (Å²) in [5.74, 6) is -1.14. The lowest BCUT2D eigenvalue weighted by Gasteiger charge is -2.21. The molecule has 8 heteroatoms. The molecule has 0 aliphatic carbocycles. The Morgan fingerprint density at radius 1 is 1.58 bits per heavy atom. The Kier molecular flexibility index (Phi) is 5.13. The average molecular weight is 307 g/mol. The number of carbonyl (C=O) groups excluding carboxylic acids is 1. The van der Waals surface area contributed by atoms with Crippen LogP contribution in [0.3, 0.4) is 0 Å². The van der Waals surface area contributed by atoms with Crippen molar-refractivity contribution in [1.82, 2.24) is 10.3 Å². The number of ether oxygens (including phenoxy) is 1. The SMILES string of the molecule is CC(C)(C)OC(=O)NC(Cc1cnc(Cl)s1)C(=O)O. The number of aromatic nitrogens is 1. The van der Waals surface area contributed by atoms with Crippen molar-refractivity contribution < 1.29 is 19.4 Å². The second-order valence-corrected chi connectivity index (χ2v) is 6.52. The van der Waals surface area contributed by atoms with Gasteiger partial charge in [-0.15, -0.1) is 11.3 Å². The lowest BCUT2D eigenvalue weighted by atomic mass is 10.2. The van der Waals surface area contributed by atoms with Crippen LogP contribution in [0.1, 0.15) is 25.6 Å². The number of carboxylic acids is 1. The van der Waals surface area contributed by atoms with Gasteiger partial charge in [-0.3, -0.25) is 0 Å². The highest BCUT2D eigenvalue weighted by atomic mass is 35.5. The van der Waals surface area contributed by atoms with Crippen molar-refractivity contribution in [1.29, 1.82) is 0 Å². The number of nitrogens with zero attached hydrogens (tertiary/aromatic N) is 1. The maximum absolute atomic E-state index is 11.5. The van der Waals surface area contributed by atoms with Crippen LogP contribution < -0.4 is 5.32 Å².